The summed E-state index contributed by atoms with van der Waals surface area (Å²) in [5.74, 6) is 2.82. The second-order valence-electron chi connectivity index (χ2n) is 13.3. The molecule has 250 valence electrons. The molecular formula is C35H53ClN4O4S. The Hall–Kier alpha value is -2.49. The lowest BCUT2D eigenvalue weighted by molar-refractivity contribution is 0.101. The Morgan fingerprint density at radius 1 is 0.822 bits per heavy atom. The molecule has 2 saturated carbocycles. The van der Waals surface area contributed by atoms with E-state index >= 15 is 0 Å². The third-order valence-corrected chi connectivity index (χ3v) is 10.3. The monoisotopic (exact) mass is 660 g/mol. The molecule has 2 aromatic rings. The van der Waals surface area contributed by atoms with Crippen molar-refractivity contribution in [2.45, 2.75) is 96.1 Å². The topological polar surface area (TPSA) is 91.0 Å². The van der Waals surface area contributed by atoms with Crippen LogP contribution >= 0.6 is 12.4 Å². The van der Waals surface area contributed by atoms with Crippen molar-refractivity contribution in [3.8, 4) is 11.5 Å². The molecule has 0 aromatic heterocycles. The van der Waals surface area contributed by atoms with Crippen LogP contribution in [0.3, 0.4) is 0 Å². The van der Waals surface area contributed by atoms with Crippen molar-refractivity contribution in [2.75, 3.05) is 37.2 Å². The van der Waals surface area contributed by atoms with E-state index in [-0.39, 0.29) is 18.4 Å². The number of nitrogens with zero attached hydrogens (tertiary/aromatic N) is 2. The third-order valence-electron chi connectivity index (χ3n) is 9.71. The van der Waals surface area contributed by atoms with Gasteiger partial charge in [0, 0.05) is 44.5 Å². The van der Waals surface area contributed by atoms with Gasteiger partial charge in [-0.05, 0) is 85.9 Å². The summed E-state index contributed by atoms with van der Waals surface area (Å²) in [5, 5.41) is 3.34. The van der Waals surface area contributed by atoms with Crippen LogP contribution < -0.4 is 14.8 Å². The lowest BCUT2D eigenvalue weighted by Gasteiger charge is -2.40. The highest BCUT2D eigenvalue weighted by Crippen LogP contribution is 2.29. The van der Waals surface area contributed by atoms with Gasteiger partial charge in [-0.25, -0.2) is 13.2 Å². The molecule has 2 N–H and O–H groups in total. The van der Waals surface area contributed by atoms with E-state index in [1.807, 2.05) is 12.1 Å². The average molecular weight is 661 g/mol. The second-order valence-corrected chi connectivity index (χ2v) is 15.1. The number of carbonyl (C=O) groups is 1. The summed E-state index contributed by atoms with van der Waals surface area (Å²) in [6, 6.07) is 15.5. The summed E-state index contributed by atoms with van der Waals surface area (Å²) in [6.45, 7) is 4.60. The number of halogens is 1. The first-order chi connectivity index (χ1) is 21.3. The van der Waals surface area contributed by atoms with Crippen LogP contribution in [0.4, 0.5) is 10.5 Å². The minimum atomic E-state index is -3.31. The van der Waals surface area contributed by atoms with Gasteiger partial charge in [0.1, 0.15) is 11.5 Å². The van der Waals surface area contributed by atoms with Crippen LogP contribution in [0.2, 0.25) is 0 Å². The molecule has 1 aliphatic heterocycles. The number of urea groups is 1. The molecule has 0 radical (unpaired) electrons. The van der Waals surface area contributed by atoms with Gasteiger partial charge in [-0.3, -0.25) is 9.62 Å². The van der Waals surface area contributed by atoms with E-state index in [1.54, 1.807) is 24.3 Å². The lowest BCUT2D eigenvalue weighted by atomic mass is 9.87. The van der Waals surface area contributed by atoms with Crippen LogP contribution in [0, 0.1) is 11.8 Å². The van der Waals surface area contributed by atoms with E-state index in [4.69, 9.17) is 4.74 Å². The first-order valence-electron chi connectivity index (χ1n) is 16.9. The van der Waals surface area contributed by atoms with Crippen molar-refractivity contribution in [3.63, 3.8) is 0 Å². The smallest absolute Gasteiger partial charge is 0.317 e. The Morgan fingerprint density at radius 2 is 1.38 bits per heavy atom. The molecule has 10 heteroatoms. The quantitative estimate of drug-likeness (QED) is 0.242. The van der Waals surface area contributed by atoms with Crippen LogP contribution in [0.25, 0.3) is 0 Å². The zero-order valence-electron chi connectivity index (χ0n) is 26.9. The zero-order valence-corrected chi connectivity index (χ0v) is 28.6. The number of nitrogens with one attached hydrogen (secondary N) is 2. The minimum Gasteiger partial charge on any atom is -0.457 e. The highest BCUT2D eigenvalue weighted by atomic mass is 35.5. The van der Waals surface area contributed by atoms with Crippen molar-refractivity contribution in [1.29, 1.82) is 0 Å². The Labute approximate surface area is 277 Å². The van der Waals surface area contributed by atoms with Crippen molar-refractivity contribution < 1.29 is 17.9 Å². The Morgan fingerprint density at radius 3 is 1.96 bits per heavy atom. The number of carbonyl (C=O) groups excluding carboxylic acids is 1. The lowest BCUT2D eigenvalue weighted by Crippen LogP contribution is -2.52. The largest absolute Gasteiger partial charge is 0.457 e. The summed E-state index contributed by atoms with van der Waals surface area (Å²) in [4.78, 5) is 18.3. The fraction of sp³-hybridized carbons (Fsp3) is 0.629. The summed E-state index contributed by atoms with van der Waals surface area (Å²) < 4.78 is 31.2. The number of piperidine rings is 1. The molecule has 1 saturated heterocycles. The van der Waals surface area contributed by atoms with E-state index in [0.29, 0.717) is 23.4 Å². The van der Waals surface area contributed by atoms with E-state index < -0.39 is 10.0 Å². The fourth-order valence-corrected chi connectivity index (χ4v) is 7.82. The molecule has 1 heterocycles. The van der Waals surface area contributed by atoms with Gasteiger partial charge < -0.3 is 15.0 Å². The zero-order chi connectivity index (χ0) is 30.8. The number of likely N-dealkylation sites (tertiary alicyclic amines) is 1. The van der Waals surface area contributed by atoms with Crippen LogP contribution in [0.5, 0.6) is 11.5 Å². The molecule has 5 rings (SSSR count). The highest BCUT2D eigenvalue weighted by molar-refractivity contribution is 7.92. The fourth-order valence-electron chi connectivity index (χ4n) is 7.26. The normalized spacial score (nSPS) is 19.0. The highest BCUT2D eigenvalue weighted by Gasteiger charge is 2.30. The van der Waals surface area contributed by atoms with Gasteiger partial charge >= 0.3 is 6.03 Å². The van der Waals surface area contributed by atoms with Gasteiger partial charge in [0.05, 0.1) is 6.26 Å². The number of hydrogen-bond acceptors (Lipinski definition) is 5. The Bertz CT molecular complexity index is 1270. The molecule has 2 amide bonds. The van der Waals surface area contributed by atoms with Crippen LogP contribution in [-0.4, -0.2) is 62.7 Å². The van der Waals surface area contributed by atoms with Crippen LogP contribution in [0.15, 0.2) is 48.5 Å². The number of benzene rings is 2. The molecule has 0 bridgehead atoms. The molecule has 8 nitrogen and oxygen atoms in total. The maximum atomic E-state index is 13.5. The molecule has 45 heavy (non-hydrogen) atoms. The molecule has 3 aliphatic rings. The molecule has 2 aromatic carbocycles. The molecule has 0 unspecified atom stereocenters. The first kappa shape index (κ1) is 35.4. The van der Waals surface area contributed by atoms with Gasteiger partial charge in [0.25, 0.3) is 0 Å². The standard InChI is InChI=1S/C35H52N4O4S.ClH/c1-44(41,42)37-31-14-18-34(19-15-31)43-33-16-12-30(13-17-33)26-38-24-21-32(22-25-38)39(27-29-10-6-3-7-11-29)35(40)36-23-20-28-8-4-2-5-9-28;/h12-19,28-29,32,37H,2-11,20-27H2,1H3,(H,36,40);1H. The van der Waals surface area contributed by atoms with Gasteiger partial charge in [-0.1, -0.05) is 63.5 Å². The summed E-state index contributed by atoms with van der Waals surface area (Å²) in [7, 11) is -3.31. The second kappa shape index (κ2) is 17.4. The van der Waals surface area contributed by atoms with E-state index in [1.165, 1.54) is 69.8 Å². The number of amides is 2. The molecular weight excluding hydrogens is 608 g/mol. The first-order valence-corrected chi connectivity index (χ1v) is 18.8. The number of anilines is 1. The van der Waals surface area contributed by atoms with E-state index in [2.05, 4.69) is 32.0 Å². The number of rotatable bonds is 12. The maximum Gasteiger partial charge on any atom is 0.317 e. The molecule has 2 aliphatic carbocycles. The average Bonchev–Trinajstić information content (AvgIpc) is 3.02. The molecule has 0 spiro atoms. The third kappa shape index (κ3) is 11.7. The summed E-state index contributed by atoms with van der Waals surface area (Å²) in [5.41, 5.74) is 1.74. The maximum absolute atomic E-state index is 13.5. The number of hydrogen-bond donors (Lipinski definition) is 2. The van der Waals surface area contributed by atoms with Crippen molar-refractivity contribution in [2.24, 2.45) is 11.8 Å². The van der Waals surface area contributed by atoms with Crippen molar-refractivity contribution >= 4 is 34.1 Å². The van der Waals surface area contributed by atoms with Crippen molar-refractivity contribution in [3.05, 3.63) is 54.1 Å². The Kier molecular flexibility index (Phi) is 13.7. The Balaban J connectivity index is 0.00000461. The molecule has 3 fully saturated rings. The van der Waals surface area contributed by atoms with Crippen molar-refractivity contribution in [1.82, 2.24) is 15.1 Å². The predicted molar refractivity (Wildman–Crippen MR) is 185 cm³/mol. The molecule has 0 atom stereocenters. The van der Waals surface area contributed by atoms with Gasteiger partial charge in [0.2, 0.25) is 10.0 Å². The number of ether oxygens (including phenoxy) is 1. The summed E-state index contributed by atoms with van der Waals surface area (Å²) in [6.07, 6.45) is 17.5. The predicted octanol–water partition coefficient (Wildman–Crippen LogP) is 7.80. The van der Waals surface area contributed by atoms with Gasteiger partial charge in [-0.2, -0.15) is 0 Å². The van der Waals surface area contributed by atoms with Gasteiger partial charge in [0.15, 0.2) is 0 Å². The van der Waals surface area contributed by atoms with Gasteiger partial charge in [-0.15, -0.1) is 12.4 Å². The minimum absolute atomic E-state index is 0. The van der Waals surface area contributed by atoms with E-state index in [9.17, 15) is 13.2 Å². The van der Waals surface area contributed by atoms with Crippen LogP contribution in [-0.2, 0) is 16.6 Å². The summed E-state index contributed by atoms with van der Waals surface area (Å²) >= 11 is 0. The number of sulfonamides is 1. The van der Waals surface area contributed by atoms with Crippen LogP contribution in [0.1, 0.15) is 89.0 Å². The van der Waals surface area contributed by atoms with E-state index in [0.717, 1.165) is 69.9 Å². The SMILES string of the molecule is CS(=O)(=O)Nc1ccc(Oc2ccc(CN3CCC(N(CC4CCCCC4)C(=O)NCCC4CCCCC4)CC3)cc2)cc1.Cl.